The van der Waals surface area contributed by atoms with E-state index in [1.165, 1.54) is 0 Å². The van der Waals surface area contributed by atoms with Crippen LogP contribution < -0.4 is 16.0 Å². The van der Waals surface area contributed by atoms with Crippen molar-refractivity contribution in [3.05, 3.63) is 48.0 Å². The van der Waals surface area contributed by atoms with Crippen LogP contribution in [0.1, 0.15) is 31.3 Å². The van der Waals surface area contributed by atoms with Crippen LogP contribution >= 0.6 is 0 Å². The lowest BCUT2D eigenvalue weighted by molar-refractivity contribution is 0.339. The zero-order valence-corrected chi connectivity index (χ0v) is 12.0. The van der Waals surface area contributed by atoms with Gasteiger partial charge in [-0.05, 0) is 31.5 Å². The van der Waals surface area contributed by atoms with Crippen LogP contribution in [0.4, 0.5) is 0 Å². The average Bonchev–Trinajstić information content (AvgIpc) is 2.92. The molecule has 1 aromatic carbocycles. The minimum atomic E-state index is 0.0168. The van der Waals surface area contributed by atoms with Crippen LogP contribution in [0.3, 0.4) is 0 Å². The number of aryl methyl sites for hydroxylation is 1. The maximum Gasteiger partial charge on any atom is 0.119 e. The second kappa shape index (κ2) is 7.07. The van der Waals surface area contributed by atoms with Crippen LogP contribution in [0.15, 0.2) is 36.7 Å². The molecule has 0 radical (unpaired) electrons. The third-order valence-corrected chi connectivity index (χ3v) is 3.30. The SMILES string of the molecule is CCOc1cccc(C(Cc2nccn2CC)NN)c1. The molecule has 5 heteroatoms. The van der Waals surface area contributed by atoms with Gasteiger partial charge in [0.25, 0.3) is 0 Å². The molecule has 108 valence electrons. The number of hydrogen-bond donors (Lipinski definition) is 2. The van der Waals surface area contributed by atoms with E-state index >= 15 is 0 Å². The predicted octanol–water partition coefficient (Wildman–Crippen LogP) is 2.05. The molecule has 1 unspecified atom stereocenters. The highest BCUT2D eigenvalue weighted by molar-refractivity contribution is 5.31. The topological polar surface area (TPSA) is 65.1 Å². The number of ether oxygens (including phenoxy) is 1. The summed E-state index contributed by atoms with van der Waals surface area (Å²) in [5.41, 5.74) is 3.97. The highest BCUT2D eigenvalue weighted by Gasteiger charge is 2.14. The van der Waals surface area contributed by atoms with Crippen LogP contribution in [0.25, 0.3) is 0 Å². The van der Waals surface area contributed by atoms with Gasteiger partial charge in [0.15, 0.2) is 0 Å². The average molecular weight is 274 g/mol. The quantitative estimate of drug-likeness (QED) is 0.599. The van der Waals surface area contributed by atoms with E-state index in [-0.39, 0.29) is 6.04 Å². The number of imidazole rings is 1. The Hall–Kier alpha value is -1.85. The molecule has 0 spiro atoms. The highest BCUT2D eigenvalue weighted by atomic mass is 16.5. The number of nitrogens with two attached hydrogens (primary N) is 1. The molecule has 2 rings (SSSR count). The smallest absolute Gasteiger partial charge is 0.119 e. The molecular weight excluding hydrogens is 252 g/mol. The zero-order chi connectivity index (χ0) is 14.4. The third-order valence-electron chi connectivity index (χ3n) is 3.30. The monoisotopic (exact) mass is 274 g/mol. The maximum absolute atomic E-state index is 5.71. The van der Waals surface area contributed by atoms with Crippen molar-refractivity contribution in [2.75, 3.05) is 6.61 Å². The van der Waals surface area contributed by atoms with E-state index in [9.17, 15) is 0 Å². The lowest BCUT2D eigenvalue weighted by Gasteiger charge is -2.17. The lowest BCUT2D eigenvalue weighted by atomic mass is 10.0. The zero-order valence-electron chi connectivity index (χ0n) is 12.0. The summed E-state index contributed by atoms with van der Waals surface area (Å²) in [6.45, 7) is 5.64. The fourth-order valence-electron chi connectivity index (χ4n) is 2.26. The molecule has 0 aliphatic carbocycles. The number of nitrogens with one attached hydrogen (secondary N) is 1. The predicted molar refractivity (Wildman–Crippen MR) is 79.3 cm³/mol. The van der Waals surface area contributed by atoms with Crippen molar-refractivity contribution in [1.29, 1.82) is 0 Å². The van der Waals surface area contributed by atoms with Gasteiger partial charge in [-0.15, -0.1) is 0 Å². The summed E-state index contributed by atoms with van der Waals surface area (Å²) >= 11 is 0. The van der Waals surface area contributed by atoms with E-state index in [1.807, 2.05) is 43.6 Å². The van der Waals surface area contributed by atoms with Gasteiger partial charge in [-0.3, -0.25) is 11.3 Å². The summed E-state index contributed by atoms with van der Waals surface area (Å²) in [6.07, 6.45) is 4.55. The summed E-state index contributed by atoms with van der Waals surface area (Å²) < 4.78 is 7.65. The molecule has 1 atom stereocenters. The van der Waals surface area contributed by atoms with Gasteiger partial charge in [0.1, 0.15) is 11.6 Å². The van der Waals surface area contributed by atoms with Crippen LogP contribution in [0.5, 0.6) is 5.75 Å². The normalized spacial score (nSPS) is 12.3. The molecule has 3 N–H and O–H groups in total. The van der Waals surface area contributed by atoms with E-state index < -0.39 is 0 Å². The Morgan fingerprint density at radius 3 is 2.95 bits per heavy atom. The second-order valence-corrected chi connectivity index (χ2v) is 4.56. The van der Waals surface area contributed by atoms with Crippen LogP contribution in [-0.2, 0) is 13.0 Å². The number of aromatic nitrogens is 2. The van der Waals surface area contributed by atoms with Crippen molar-refractivity contribution in [3.8, 4) is 5.75 Å². The molecule has 0 bridgehead atoms. The molecular formula is C15H22N4O. The van der Waals surface area contributed by atoms with Gasteiger partial charge >= 0.3 is 0 Å². The number of nitrogens with zero attached hydrogens (tertiary/aromatic N) is 2. The maximum atomic E-state index is 5.71. The van der Waals surface area contributed by atoms with E-state index in [0.29, 0.717) is 6.61 Å². The van der Waals surface area contributed by atoms with E-state index in [0.717, 1.165) is 30.1 Å². The Bertz CT molecular complexity index is 538. The number of rotatable bonds is 7. The van der Waals surface area contributed by atoms with Crippen molar-refractivity contribution in [3.63, 3.8) is 0 Å². The number of hydrazine groups is 1. The molecule has 2 aromatic rings. The second-order valence-electron chi connectivity index (χ2n) is 4.56. The molecule has 0 aliphatic rings. The first-order valence-electron chi connectivity index (χ1n) is 6.97. The van der Waals surface area contributed by atoms with Crippen molar-refractivity contribution >= 4 is 0 Å². The standard InChI is InChI=1S/C15H22N4O/c1-3-19-9-8-17-15(19)11-14(18-16)12-6-5-7-13(10-12)20-4-2/h5-10,14,18H,3-4,11,16H2,1-2H3. The first-order valence-corrected chi connectivity index (χ1v) is 6.97. The van der Waals surface area contributed by atoms with Gasteiger partial charge in [0.05, 0.1) is 12.6 Å². The first-order chi connectivity index (χ1) is 9.78. The lowest BCUT2D eigenvalue weighted by Crippen LogP contribution is -2.30. The van der Waals surface area contributed by atoms with Gasteiger partial charge in [-0.25, -0.2) is 4.98 Å². The number of benzene rings is 1. The van der Waals surface area contributed by atoms with Crippen molar-refractivity contribution in [2.24, 2.45) is 5.84 Å². The van der Waals surface area contributed by atoms with Gasteiger partial charge in [0.2, 0.25) is 0 Å². The minimum absolute atomic E-state index is 0.0168. The Balaban J connectivity index is 2.17. The fourth-order valence-corrected chi connectivity index (χ4v) is 2.26. The van der Waals surface area contributed by atoms with Crippen LogP contribution in [-0.4, -0.2) is 16.2 Å². The van der Waals surface area contributed by atoms with Crippen molar-refractivity contribution < 1.29 is 4.74 Å². The minimum Gasteiger partial charge on any atom is -0.494 e. The molecule has 0 saturated carbocycles. The number of hydrogen-bond acceptors (Lipinski definition) is 4. The summed E-state index contributed by atoms with van der Waals surface area (Å²) in [6, 6.07) is 8.02. The fraction of sp³-hybridized carbons (Fsp3) is 0.400. The van der Waals surface area contributed by atoms with E-state index in [1.54, 1.807) is 0 Å². The summed E-state index contributed by atoms with van der Waals surface area (Å²) in [5.74, 6) is 7.60. The van der Waals surface area contributed by atoms with Crippen LogP contribution in [0, 0.1) is 0 Å². The Labute approximate surface area is 119 Å². The highest BCUT2D eigenvalue weighted by Crippen LogP contribution is 2.21. The van der Waals surface area contributed by atoms with Gasteiger partial charge < -0.3 is 9.30 Å². The van der Waals surface area contributed by atoms with Crippen LogP contribution in [0.2, 0.25) is 0 Å². The van der Waals surface area contributed by atoms with Crippen molar-refractivity contribution in [2.45, 2.75) is 32.9 Å². The summed E-state index contributed by atoms with van der Waals surface area (Å²) in [5, 5.41) is 0. The van der Waals surface area contributed by atoms with Crippen molar-refractivity contribution in [1.82, 2.24) is 15.0 Å². The summed E-state index contributed by atoms with van der Waals surface area (Å²) in [4.78, 5) is 4.40. The summed E-state index contributed by atoms with van der Waals surface area (Å²) in [7, 11) is 0. The Kier molecular flexibility index (Phi) is 5.15. The molecule has 0 saturated heterocycles. The van der Waals surface area contributed by atoms with E-state index in [2.05, 4.69) is 21.9 Å². The molecule has 20 heavy (non-hydrogen) atoms. The molecule has 1 heterocycles. The molecule has 1 aromatic heterocycles. The van der Waals surface area contributed by atoms with Gasteiger partial charge in [-0.1, -0.05) is 12.1 Å². The molecule has 0 amide bonds. The van der Waals surface area contributed by atoms with Gasteiger partial charge in [0, 0.05) is 25.4 Å². The molecule has 0 fully saturated rings. The Morgan fingerprint density at radius 1 is 1.40 bits per heavy atom. The first kappa shape index (κ1) is 14.6. The molecule has 5 nitrogen and oxygen atoms in total. The molecule has 0 aliphatic heterocycles. The largest absolute Gasteiger partial charge is 0.494 e. The van der Waals surface area contributed by atoms with Gasteiger partial charge in [-0.2, -0.15) is 0 Å². The van der Waals surface area contributed by atoms with E-state index in [4.69, 9.17) is 10.6 Å². The Morgan fingerprint density at radius 2 is 2.25 bits per heavy atom. The third kappa shape index (κ3) is 3.37.